The van der Waals surface area contributed by atoms with Crippen molar-refractivity contribution < 1.29 is 9.53 Å². The van der Waals surface area contributed by atoms with E-state index >= 15 is 0 Å². The van der Waals surface area contributed by atoms with Crippen molar-refractivity contribution in [3.05, 3.63) is 96.9 Å². The highest BCUT2D eigenvalue weighted by atomic mass is 79.9. The van der Waals surface area contributed by atoms with Crippen LogP contribution in [0.15, 0.2) is 64.6 Å². The second-order valence-electron chi connectivity index (χ2n) is 7.16. The van der Waals surface area contributed by atoms with Crippen LogP contribution >= 0.6 is 39.1 Å². The number of hydrogen-bond acceptors (Lipinski definition) is 3. The van der Waals surface area contributed by atoms with E-state index in [1.807, 2.05) is 50.2 Å². The molecular formula is C25H19BrCl2N2O2. The Morgan fingerprint density at radius 1 is 1.09 bits per heavy atom. The van der Waals surface area contributed by atoms with Crippen LogP contribution in [-0.2, 0) is 11.4 Å². The third-order valence-corrected chi connectivity index (χ3v) is 5.88. The van der Waals surface area contributed by atoms with Gasteiger partial charge in [-0.2, -0.15) is 5.26 Å². The molecule has 1 amide bonds. The smallest absolute Gasteiger partial charge is 0.266 e. The highest BCUT2D eigenvalue weighted by Gasteiger charge is 2.13. The molecule has 0 spiro atoms. The summed E-state index contributed by atoms with van der Waals surface area (Å²) in [5.74, 6) is 0.0289. The molecule has 32 heavy (non-hydrogen) atoms. The van der Waals surface area contributed by atoms with Crippen LogP contribution in [0, 0.1) is 25.2 Å². The number of hydrogen-bond donors (Lipinski definition) is 1. The van der Waals surface area contributed by atoms with Crippen molar-refractivity contribution in [2.45, 2.75) is 20.5 Å². The quantitative estimate of drug-likeness (QED) is 0.265. The summed E-state index contributed by atoms with van der Waals surface area (Å²) in [6.07, 6.45) is 1.51. The van der Waals surface area contributed by atoms with Crippen molar-refractivity contribution in [1.29, 1.82) is 5.26 Å². The summed E-state index contributed by atoms with van der Waals surface area (Å²) < 4.78 is 6.73. The predicted molar refractivity (Wildman–Crippen MR) is 133 cm³/mol. The topological polar surface area (TPSA) is 62.1 Å². The molecule has 0 saturated heterocycles. The Morgan fingerprint density at radius 2 is 1.88 bits per heavy atom. The van der Waals surface area contributed by atoms with E-state index in [1.165, 1.54) is 6.08 Å². The Bertz CT molecular complexity index is 1250. The van der Waals surface area contributed by atoms with Crippen LogP contribution in [0.25, 0.3) is 6.08 Å². The lowest BCUT2D eigenvalue weighted by atomic mass is 10.1. The van der Waals surface area contributed by atoms with E-state index in [4.69, 9.17) is 27.9 Å². The van der Waals surface area contributed by atoms with Gasteiger partial charge in [0.1, 0.15) is 24.0 Å². The van der Waals surface area contributed by atoms with Gasteiger partial charge >= 0.3 is 0 Å². The molecule has 1 N–H and O–H groups in total. The van der Waals surface area contributed by atoms with E-state index in [2.05, 4.69) is 21.2 Å². The summed E-state index contributed by atoms with van der Waals surface area (Å²) in [4.78, 5) is 12.7. The van der Waals surface area contributed by atoms with E-state index in [0.29, 0.717) is 27.0 Å². The lowest BCUT2D eigenvalue weighted by Crippen LogP contribution is -2.14. The van der Waals surface area contributed by atoms with E-state index in [0.717, 1.165) is 21.2 Å². The molecule has 0 unspecified atom stereocenters. The van der Waals surface area contributed by atoms with Gasteiger partial charge < -0.3 is 10.1 Å². The van der Waals surface area contributed by atoms with Crippen molar-refractivity contribution in [1.82, 2.24) is 0 Å². The number of ether oxygens (including phenoxy) is 1. The van der Waals surface area contributed by atoms with Gasteiger partial charge in [-0.1, -0.05) is 62.9 Å². The number of carbonyl (C=O) groups excluding carboxylic acids is 1. The maximum absolute atomic E-state index is 12.7. The number of benzene rings is 3. The standard InChI is InChI=1S/C25H19BrCl2N2O2/c1-15-3-7-23(16(2)9-15)30-25(31)19(13-29)11-18-12-20(26)5-8-24(18)32-14-17-4-6-21(27)22(28)10-17/h3-12H,14H2,1-2H3,(H,30,31)/b19-11+. The Kier molecular flexibility index (Phi) is 7.98. The molecule has 162 valence electrons. The number of halogens is 3. The lowest BCUT2D eigenvalue weighted by molar-refractivity contribution is -0.112. The maximum Gasteiger partial charge on any atom is 0.266 e. The molecule has 0 aliphatic carbocycles. The number of amides is 1. The minimum Gasteiger partial charge on any atom is -0.488 e. The van der Waals surface area contributed by atoms with Crippen LogP contribution in [0.1, 0.15) is 22.3 Å². The molecule has 0 saturated carbocycles. The number of nitriles is 1. The molecule has 0 radical (unpaired) electrons. The SMILES string of the molecule is Cc1ccc(NC(=O)/C(C#N)=C/c2cc(Br)ccc2OCc2ccc(Cl)c(Cl)c2)c(C)c1. The van der Waals surface area contributed by atoms with Gasteiger partial charge in [0.25, 0.3) is 5.91 Å². The fraction of sp³-hybridized carbons (Fsp3) is 0.120. The van der Waals surface area contributed by atoms with Gasteiger partial charge in [0.05, 0.1) is 10.0 Å². The zero-order valence-electron chi connectivity index (χ0n) is 17.4. The largest absolute Gasteiger partial charge is 0.488 e. The lowest BCUT2D eigenvalue weighted by Gasteiger charge is -2.12. The summed E-state index contributed by atoms with van der Waals surface area (Å²) >= 11 is 15.5. The summed E-state index contributed by atoms with van der Waals surface area (Å²) in [5, 5.41) is 13.3. The van der Waals surface area contributed by atoms with Crippen molar-refractivity contribution in [3.8, 4) is 11.8 Å². The normalized spacial score (nSPS) is 11.1. The molecule has 0 atom stereocenters. The highest BCUT2D eigenvalue weighted by Crippen LogP contribution is 2.28. The molecule has 0 aromatic heterocycles. The van der Waals surface area contributed by atoms with Crippen LogP contribution in [0.2, 0.25) is 10.0 Å². The van der Waals surface area contributed by atoms with Crippen LogP contribution in [0.5, 0.6) is 5.75 Å². The first-order chi connectivity index (χ1) is 15.3. The molecule has 0 heterocycles. The van der Waals surface area contributed by atoms with Crippen molar-refractivity contribution in [3.63, 3.8) is 0 Å². The first-order valence-corrected chi connectivity index (χ1v) is 11.2. The molecule has 3 aromatic carbocycles. The van der Waals surface area contributed by atoms with Gasteiger partial charge in [0.2, 0.25) is 0 Å². The van der Waals surface area contributed by atoms with Gasteiger partial charge in [-0.15, -0.1) is 0 Å². The molecule has 4 nitrogen and oxygen atoms in total. The first-order valence-electron chi connectivity index (χ1n) is 9.63. The summed E-state index contributed by atoms with van der Waals surface area (Å²) in [6, 6.07) is 18.3. The average molecular weight is 530 g/mol. The zero-order valence-corrected chi connectivity index (χ0v) is 20.5. The predicted octanol–water partition coefficient (Wildman–Crippen LogP) is 7.50. The van der Waals surface area contributed by atoms with Crippen molar-refractivity contribution in [2.75, 3.05) is 5.32 Å². The van der Waals surface area contributed by atoms with Crippen LogP contribution in [0.3, 0.4) is 0 Å². The number of nitrogens with zero attached hydrogens (tertiary/aromatic N) is 1. The summed E-state index contributed by atoms with van der Waals surface area (Å²) in [6.45, 7) is 4.13. The van der Waals surface area contributed by atoms with Crippen LogP contribution in [0.4, 0.5) is 5.69 Å². The van der Waals surface area contributed by atoms with Crippen LogP contribution < -0.4 is 10.1 Å². The number of carbonyl (C=O) groups is 1. The Hall–Kier alpha value is -2.78. The molecule has 0 aliphatic rings. The fourth-order valence-electron chi connectivity index (χ4n) is 3.00. The minimum atomic E-state index is -0.491. The molecule has 3 aromatic rings. The summed E-state index contributed by atoms with van der Waals surface area (Å²) in [5.41, 5.74) is 4.06. The Balaban J connectivity index is 1.84. The number of anilines is 1. The van der Waals surface area contributed by atoms with Gasteiger partial charge in [-0.25, -0.2) is 0 Å². The minimum absolute atomic E-state index is 0.0394. The fourth-order valence-corrected chi connectivity index (χ4v) is 3.70. The van der Waals surface area contributed by atoms with Crippen molar-refractivity contribution in [2.24, 2.45) is 0 Å². The van der Waals surface area contributed by atoms with E-state index in [-0.39, 0.29) is 12.2 Å². The molecule has 7 heteroatoms. The van der Waals surface area contributed by atoms with E-state index in [1.54, 1.807) is 24.3 Å². The molecule has 0 bridgehead atoms. The first kappa shape index (κ1) is 23.9. The van der Waals surface area contributed by atoms with Gasteiger partial charge in [-0.3, -0.25) is 4.79 Å². The molecular weight excluding hydrogens is 511 g/mol. The summed E-state index contributed by atoms with van der Waals surface area (Å²) in [7, 11) is 0. The number of rotatable bonds is 6. The third kappa shape index (κ3) is 6.14. The number of aryl methyl sites for hydroxylation is 2. The van der Waals surface area contributed by atoms with Gasteiger partial charge in [-0.05, 0) is 67.4 Å². The van der Waals surface area contributed by atoms with Crippen LogP contribution in [-0.4, -0.2) is 5.91 Å². The monoisotopic (exact) mass is 528 g/mol. The molecule has 3 rings (SSSR count). The zero-order chi connectivity index (χ0) is 23.3. The molecule has 0 aliphatic heterocycles. The molecule has 0 fully saturated rings. The Morgan fingerprint density at radius 3 is 2.56 bits per heavy atom. The maximum atomic E-state index is 12.7. The van der Waals surface area contributed by atoms with Gasteiger partial charge in [0.15, 0.2) is 0 Å². The Labute approximate surface area is 205 Å². The average Bonchev–Trinajstić information content (AvgIpc) is 2.75. The second-order valence-corrected chi connectivity index (χ2v) is 8.89. The highest BCUT2D eigenvalue weighted by molar-refractivity contribution is 9.10. The third-order valence-electron chi connectivity index (χ3n) is 4.65. The number of nitrogens with one attached hydrogen (secondary N) is 1. The van der Waals surface area contributed by atoms with E-state index < -0.39 is 5.91 Å². The van der Waals surface area contributed by atoms with E-state index in [9.17, 15) is 10.1 Å². The second kappa shape index (κ2) is 10.7. The van der Waals surface area contributed by atoms with Crippen molar-refractivity contribution >= 4 is 56.8 Å². The van der Waals surface area contributed by atoms with Gasteiger partial charge in [0, 0.05) is 15.7 Å².